The third-order valence-corrected chi connectivity index (χ3v) is 4.06. The van der Waals surface area contributed by atoms with Gasteiger partial charge >= 0.3 is 0 Å². The molecule has 0 bridgehead atoms. The number of hydrogen-bond donors (Lipinski definition) is 1. The molecular formula is C14H14ClIN2. The van der Waals surface area contributed by atoms with E-state index in [1.165, 1.54) is 14.7 Å². The number of aromatic nitrogens is 1. The maximum Gasteiger partial charge on any atom is 0.0410 e. The number of pyridine rings is 1. The number of halogens is 2. The second-order valence-corrected chi connectivity index (χ2v) is 5.67. The van der Waals surface area contributed by atoms with E-state index in [9.17, 15) is 0 Å². The summed E-state index contributed by atoms with van der Waals surface area (Å²) in [6, 6.07) is 10.3. The van der Waals surface area contributed by atoms with Gasteiger partial charge in [0.25, 0.3) is 0 Å². The molecule has 2 nitrogen and oxygen atoms in total. The molecule has 0 spiro atoms. The number of nitrogens with one attached hydrogen (secondary N) is 1. The third kappa shape index (κ3) is 3.43. The van der Waals surface area contributed by atoms with Gasteiger partial charge in [-0.15, -0.1) is 0 Å². The average Bonchev–Trinajstić information content (AvgIpc) is 2.40. The summed E-state index contributed by atoms with van der Waals surface area (Å²) in [6.45, 7) is 0. The minimum atomic E-state index is 0.250. The Bertz CT molecular complexity index is 516. The minimum Gasteiger partial charge on any atom is -0.313 e. The maximum atomic E-state index is 6.08. The average molecular weight is 373 g/mol. The summed E-state index contributed by atoms with van der Waals surface area (Å²) in [4.78, 5) is 4.15. The van der Waals surface area contributed by atoms with Crippen molar-refractivity contribution in [2.24, 2.45) is 0 Å². The molecule has 2 rings (SSSR count). The van der Waals surface area contributed by atoms with Crippen molar-refractivity contribution in [3.63, 3.8) is 0 Å². The standard InChI is InChI=1S/C14H14ClIN2/c1-17-14(7-10-3-2-6-18-9-10)12-8-11(15)4-5-13(12)16/h2-6,8-9,14,17H,7H2,1H3. The zero-order chi connectivity index (χ0) is 13.0. The van der Waals surface area contributed by atoms with Crippen LogP contribution >= 0.6 is 34.2 Å². The van der Waals surface area contributed by atoms with Gasteiger partial charge in [-0.3, -0.25) is 4.98 Å². The Balaban J connectivity index is 2.26. The monoisotopic (exact) mass is 372 g/mol. The van der Waals surface area contributed by atoms with Gasteiger partial charge < -0.3 is 5.32 Å². The van der Waals surface area contributed by atoms with E-state index in [1.54, 1.807) is 6.20 Å². The highest BCUT2D eigenvalue weighted by atomic mass is 127. The zero-order valence-electron chi connectivity index (χ0n) is 10.0. The third-order valence-electron chi connectivity index (χ3n) is 2.84. The summed E-state index contributed by atoms with van der Waals surface area (Å²) in [5.74, 6) is 0. The van der Waals surface area contributed by atoms with Gasteiger partial charge in [0, 0.05) is 27.0 Å². The van der Waals surface area contributed by atoms with Crippen LogP contribution in [0.5, 0.6) is 0 Å². The largest absolute Gasteiger partial charge is 0.313 e. The number of rotatable bonds is 4. The fraction of sp³-hybridized carbons (Fsp3) is 0.214. The molecule has 0 saturated carbocycles. The van der Waals surface area contributed by atoms with Gasteiger partial charge in [0.05, 0.1) is 0 Å². The Labute approximate surface area is 126 Å². The van der Waals surface area contributed by atoms with Crippen LogP contribution in [0.2, 0.25) is 5.02 Å². The molecule has 1 N–H and O–H groups in total. The molecule has 18 heavy (non-hydrogen) atoms. The Morgan fingerprint density at radius 3 is 2.89 bits per heavy atom. The van der Waals surface area contributed by atoms with E-state index in [0.29, 0.717) is 0 Å². The summed E-state index contributed by atoms with van der Waals surface area (Å²) >= 11 is 8.42. The minimum absolute atomic E-state index is 0.250. The highest BCUT2D eigenvalue weighted by Gasteiger charge is 2.13. The topological polar surface area (TPSA) is 24.9 Å². The van der Waals surface area contributed by atoms with E-state index in [0.717, 1.165) is 11.4 Å². The van der Waals surface area contributed by atoms with Gasteiger partial charge in [0.1, 0.15) is 0 Å². The van der Waals surface area contributed by atoms with Gasteiger partial charge in [-0.25, -0.2) is 0 Å². The van der Waals surface area contributed by atoms with E-state index < -0.39 is 0 Å². The first-order valence-electron chi connectivity index (χ1n) is 5.72. The molecule has 0 radical (unpaired) electrons. The van der Waals surface area contributed by atoms with E-state index >= 15 is 0 Å². The molecule has 1 aromatic heterocycles. The van der Waals surface area contributed by atoms with Gasteiger partial charge in [-0.1, -0.05) is 17.7 Å². The van der Waals surface area contributed by atoms with E-state index in [-0.39, 0.29) is 6.04 Å². The molecule has 1 aromatic carbocycles. The van der Waals surface area contributed by atoms with Crippen LogP contribution in [-0.4, -0.2) is 12.0 Å². The molecule has 0 aliphatic carbocycles. The van der Waals surface area contributed by atoms with Gasteiger partial charge in [-0.2, -0.15) is 0 Å². The van der Waals surface area contributed by atoms with Crippen molar-refractivity contribution in [2.75, 3.05) is 7.05 Å². The summed E-state index contributed by atoms with van der Waals surface area (Å²) in [7, 11) is 1.97. The fourth-order valence-corrected chi connectivity index (χ4v) is 2.80. The lowest BCUT2D eigenvalue weighted by atomic mass is 10.00. The van der Waals surface area contributed by atoms with Crippen molar-refractivity contribution in [3.05, 3.63) is 62.4 Å². The summed E-state index contributed by atoms with van der Waals surface area (Å²) in [5.41, 5.74) is 2.45. The Morgan fingerprint density at radius 1 is 1.39 bits per heavy atom. The summed E-state index contributed by atoms with van der Waals surface area (Å²) < 4.78 is 1.22. The van der Waals surface area contributed by atoms with Gasteiger partial charge in [-0.05, 0) is 71.5 Å². The lowest BCUT2D eigenvalue weighted by molar-refractivity contribution is 0.588. The Morgan fingerprint density at radius 2 is 2.22 bits per heavy atom. The van der Waals surface area contributed by atoms with Crippen LogP contribution in [0.25, 0.3) is 0 Å². The van der Waals surface area contributed by atoms with Crippen molar-refractivity contribution < 1.29 is 0 Å². The van der Waals surface area contributed by atoms with Crippen LogP contribution < -0.4 is 5.32 Å². The van der Waals surface area contributed by atoms with E-state index in [1.807, 2.05) is 37.5 Å². The summed E-state index contributed by atoms with van der Waals surface area (Å²) in [5, 5.41) is 4.12. The predicted molar refractivity (Wildman–Crippen MR) is 83.9 cm³/mol. The molecule has 0 saturated heterocycles. The molecular weight excluding hydrogens is 359 g/mol. The van der Waals surface area contributed by atoms with Gasteiger partial charge in [0.15, 0.2) is 0 Å². The van der Waals surface area contributed by atoms with Crippen LogP contribution in [0, 0.1) is 3.57 Å². The van der Waals surface area contributed by atoms with Crippen molar-refractivity contribution in [3.8, 4) is 0 Å². The first kappa shape index (κ1) is 13.8. The quantitative estimate of drug-likeness (QED) is 0.825. The van der Waals surface area contributed by atoms with Crippen molar-refractivity contribution in [1.82, 2.24) is 10.3 Å². The molecule has 94 valence electrons. The number of hydrogen-bond acceptors (Lipinski definition) is 2. The second kappa shape index (κ2) is 6.50. The lowest BCUT2D eigenvalue weighted by Gasteiger charge is -2.18. The first-order valence-corrected chi connectivity index (χ1v) is 7.17. The van der Waals surface area contributed by atoms with Crippen molar-refractivity contribution in [2.45, 2.75) is 12.5 Å². The molecule has 0 fully saturated rings. The highest BCUT2D eigenvalue weighted by Crippen LogP contribution is 2.26. The molecule has 2 aromatic rings. The first-order chi connectivity index (χ1) is 8.70. The number of likely N-dealkylation sites (N-methyl/N-ethyl adjacent to an activating group) is 1. The molecule has 1 heterocycles. The smallest absolute Gasteiger partial charge is 0.0410 e. The molecule has 0 aliphatic rings. The fourth-order valence-electron chi connectivity index (χ4n) is 1.90. The van der Waals surface area contributed by atoms with Gasteiger partial charge in [0.2, 0.25) is 0 Å². The zero-order valence-corrected chi connectivity index (χ0v) is 12.9. The Hall–Kier alpha value is -0.650. The maximum absolute atomic E-state index is 6.08. The van der Waals surface area contributed by atoms with Crippen molar-refractivity contribution in [1.29, 1.82) is 0 Å². The molecule has 1 atom stereocenters. The molecule has 0 amide bonds. The summed E-state index contributed by atoms with van der Waals surface area (Å²) in [6.07, 6.45) is 4.60. The Kier molecular flexibility index (Phi) is 4.97. The highest BCUT2D eigenvalue weighted by molar-refractivity contribution is 14.1. The van der Waals surface area contributed by atoms with Crippen LogP contribution in [-0.2, 0) is 6.42 Å². The SMILES string of the molecule is CNC(Cc1cccnc1)c1cc(Cl)ccc1I. The van der Waals surface area contributed by atoms with Crippen molar-refractivity contribution >= 4 is 34.2 Å². The van der Waals surface area contributed by atoms with Crippen LogP contribution in [0.15, 0.2) is 42.7 Å². The van der Waals surface area contributed by atoms with Crippen LogP contribution in [0.1, 0.15) is 17.2 Å². The second-order valence-electron chi connectivity index (χ2n) is 4.07. The van der Waals surface area contributed by atoms with Crippen LogP contribution in [0.4, 0.5) is 0 Å². The number of nitrogens with zero attached hydrogens (tertiary/aromatic N) is 1. The molecule has 0 aliphatic heterocycles. The van der Waals surface area contributed by atoms with E-state index in [4.69, 9.17) is 11.6 Å². The normalized spacial score (nSPS) is 12.4. The van der Waals surface area contributed by atoms with E-state index in [2.05, 4.69) is 39.0 Å². The van der Waals surface area contributed by atoms with Crippen LogP contribution in [0.3, 0.4) is 0 Å². The predicted octanol–water partition coefficient (Wildman–Crippen LogP) is 3.84. The molecule has 4 heteroatoms. The number of benzene rings is 1. The molecule has 1 unspecified atom stereocenters. The lowest BCUT2D eigenvalue weighted by Crippen LogP contribution is -2.20.